The molecule has 1 aromatic carbocycles. The first-order valence-corrected chi connectivity index (χ1v) is 5.80. The average Bonchev–Trinajstić information content (AvgIpc) is 2.22. The molecule has 0 unspecified atom stereocenters. The second kappa shape index (κ2) is 4.55. The van der Waals surface area contributed by atoms with E-state index in [0.29, 0.717) is 10.9 Å². The van der Waals surface area contributed by atoms with Gasteiger partial charge in [0.1, 0.15) is 5.75 Å². The first-order valence-electron chi connectivity index (χ1n) is 4.13. The number of benzene rings is 1. The van der Waals surface area contributed by atoms with Crippen LogP contribution in [0.4, 0.5) is 0 Å². The first-order chi connectivity index (χ1) is 7.24. The van der Waals surface area contributed by atoms with E-state index in [1.807, 2.05) is 12.1 Å². The van der Waals surface area contributed by atoms with Crippen LogP contribution in [0.1, 0.15) is 0 Å². The lowest BCUT2D eigenvalue weighted by molar-refractivity contribution is 0.476. The Morgan fingerprint density at radius 1 is 1.20 bits per heavy atom. The summed E-state index contributed by atoms with van der Waals surface area (Å²) < 4.78 is 6.38. The van der Waals surface area contributed by atoms with Gasteiger partial charge in [0.2, 0.25) is 0 Å². The molecule has 0 aliphatic rings. The Morgan fingerprint density at radius 3 is 2.60 bits per heavy atom. The van der Waals surface area contributed by atoms with Crippen molar-refractivity contribution in [3.8, 4) is 10.9 Å². The van der Waals surface area contributed by atoms with E-state index in [0.717, 1.165) is 4.47 Å². The van der Waals surface area contributed by atoms with E-state index in [9.17, 15) is 4.79 Å². The van der Waals surface area contributed by atoms with Crippen molar-refractivity contribution < 1.29 is 4.74 Å². The Balaban J connectivity index is 2.22. The highest BCUT2D eigenvalue weighted by Crippen LogP contribution is 2.23. The van der Waals surface area contributed by atoms with E-state index < -0.39 is 0 Å². The summed E-state index contributed by atoms with van der Waals surface area (Å²) in [6, 6.07) is 8.73. The topological polar surface area (TPSA) is 39.2 Å². The third kappa shape index (κ3) is 2.87. The monoisotopic (exact) mass is 283 g/mol. The minimum absolute atomic E-state index is 0.291. The Kier molecular flexibility index (Phi) is 3.13. The number of hydrogen-bond donors (Lipinski definition) is 0. The maximum Gasteiger partial charge on any atom is 0.282 e. The summed E-state index contributed by atoms with van der Waals surface area (Å²) in [5.41, 5.74) is -0.291. The Bertz CT molecular complexity index is 509. The maximum absolute atomic E-state index is 10.9. The highest BCUT2D eigenvalue weighted by atomic mass is 79.9. The zero-order valence-electron chi connectivity index (χ0n) is 7.51. The van der Waals surface area contributed by atoms with Gasteiger partial charge in [-0.2, -0.15) is 4.98 Å². The summed E-state index contributed by atoms with van der Waals surface area (Å²) in [6.45, 7) is 0. The number of hydrogen-bond acceptors (Lipinski definition) is 4. The molecule has 76 valence electrons. The van der Waals surface area contributed by atoms with E-state index >= 15 is 0 Å². The number of halogens is 1. The molecule has 15 heavy (non-hydrogen) atoms. The predicted molar refractivity (Wildman–Crippen MR) is 62.6 cm³/mol. The molecular formula is C10H6BrNO2S. The third-order valence-corrected chi connectivity index (χ3v) is 2.78. The second-order valence-corrected chi connectivity index (χ2v) is 4.47. The quantitative estimate of drug-likeness (QED) is 0.850. The van der Waals surface area contributed by atoms with Crippen molar-refractivity contribution in [3.63, 3.8) is 0 Å². The van der Waals surface area contributed by atoms with Crippen molar-refractivity contribution in [2.24, 2.45) is 0 Å². The molecule has 1 heterocycles. The molecule has 0 fully saturated rings. The molecule has 0 aliphatic carbocycles. The van der Waals surface area contributed by atoms with Crippen LogP contribution in [0.3, 0.4) is 0 Å². The molecule has 0 radical (unpaired) electrons. The highest BCUT2D eigenvalue weighted by Gasteiger charge is 1.99. The molecule has 2 aromatic rings. The fraction of sp³-hybridized carbons (Fsp3) is 0. The van der Waals surface area contributed by atoms with E-state index in [1.54, 1.807) is 17.5 Å². The summed E-state index contributed by atoms with van der Waals surface area (Å²) in [6.07, 6.45) is 0. The van der Waals surface area contributed by atoms with Gasteiger partial charge >= 0.3 is 0 Å². The van der Waals surface area contributed by atoms with Gasteiger partial charge in [0.15, 0.2) is 0 Å². The fourth-order valence-electron chi connectivity index (χ4n) is 0.954. The van der Waals surface area contributed by atoms with Crippen LogP contribution in [-0.4, -0.2) is 4.98 Å². The first kappa shape index (κ1) is 10.3. The van der Waals surface area contributed by atoms with Crippen LogP contribution >= 0.6 is 27.3 Å². The van der Waals surface area contributed by atoms with Gasteiger partial charge < -0.3 is 4.74 Å². The van der Waals surface area contributed by atoms with E-state index in [-0.39, 0.29) is 5.56 Å². The number of rotatable bonds is 2. The van der Waals surface area contributed by atoms with Gasteiger partial charge in [-0.3, -0.25) is 4.79 Å². The second-order valence-electron chi connectivity index (χ2n) is 2.69. The van der Waals surface area contributed by atoms with Crippen molar-refractivity contribution in [2.75, 3.05) is 0 Å². The molecule has 0 bridgehead atoms. The number of nitrogens with zero attached hydrogens (tertiary/aromatic N) is 1. The SMILES string of the molecule is O=c1ccsc(Oc2ccc(Br)cc2)n1. The molecule has 0 amide bonds. The summed E-state index contributed by atoms with van der Waals surface area (Å²) >= 11 is 4.60. The Morgan fingerprint density at radius 2 is 1.93 bits per heavy atom. The van der Waals surface area contributed by atoms with Crippen molar-refractivity contribution in [1.29, 1.82) is 0 Å². The summed E-state index contributed by atoms with van der Waals surface area (Å²) in [5.74, 6) is 0.660. The molecule has 0 aliphatic heterocycles. The minimum Gasteiger partial charge on any atom is -0.431 e. The number of ether oxygens (including phenoxy) is 1. The molecule has 5 heteroatoms. The Labute approximate surface area is 98.5 Å². The van der Waals surface area contributed by atoms with E-state index in [2.05, 4.69) is 20.9 Å². The minimum atomic E-state index is -0.291. The largest absolute Gasteiger partial charge is 0.431 e. The van der Waals surface area contributed by atoms with Crippen LogP contribution in [0, 0.1) is 0 Å². The lowest BCUT2D eigenvalue weighted by Crippen LogP contribution is -2.02. The zero-order chi connectivity index (χ0) is 10.7. The Hall–Kier alpha value is -1.20. The standard InChI is InChI=1S/C10H6BrNO2S/c11-7-1-3-8(4-2-7)14-10-12-9(13)5-6-15-10/h1-6H. The van der Waals surface area contributed by atoms with Gasteiger partial charge in [-0.15, -0.1) is 0 Å². The van der Waals surface area contributed by atoms with Crippen LogP contribution in [0.25, 0.3) is 0 Å². The molecule has 1 aromatic heterocycles. The van der Waals surface area contributed by atoms with Gasteiger partial charge in [0, 0.05) is 15.9 Å². The summed E-state index contributed by atoms with van der Waals surface area (Å²) in [5, 5.41) is 2.01. The van der Waals surface area contributed by atoms with Crippen LogP contribution in [0.5, 0.6) is 10.9 Å². The normalized spacial score (nSPS) is 9.93. The molecule has 0 atom stereocenters. The zero-order valence-corrected chi connectivity index (χ0v) is 9.92. The van der Waals surface area contributed by atoms with Gasteiger partial charge in [0.25, 0.3) is 10.8 Å². The van der Waals surface area contributed by atoms with Crippen LogP contribution in [-0.2, 0) is 0 Å². The van der Waals surface area contributed by atoms with Gasteiger partial charge in [0.05, 0.1) is 0 Å². The summed E-state index contributed by atoms with van der Waals surface area (Å²) in [4.78, 5) is 14.7. The van der Waals surface area contributed by atoms with E-state index in [4.69, 9.17) is 4.74 Å². The molecule has 3 nitrogen and oxygen atoms in total. The smallest absolute Gasteiger partial charge is 0.282 e. The van der Waals surface area contributed by atoms with Crippen LogP contribution in [0.15, 0.2) is 45.0 Å². The lowest BCUT2D eigenvalue weighted by Gasteiger charge is -2.02. The fourth-order valence-corrected chi connectivity index (χ4v) is 1.81. The molecule has 0 spiro atoms. The molecule has 0 saturated heterocycles. The van der Waals surface area contributed by atoms with Crippen molar-refractivity contribution in [3.05, 3.63) is 50.5 Å². The van der Waals surface area contributed by atoms with Crippen molar-refractivity contribution >= 4 is 27.3 Å². The maximum atomic E-state index is 10.9. The van der Waals surface area contributed by atoms with Gasteiger partial charge in [-0.1, -0.05) is 27.3 Å². The lowest BCUT2D eigenvalue weighted by atomic mass is 10.3. The summed E-state index contributed by atoms with van der Waals surface area (Å²) in [7, 11) is 0. The van der Waals surface area contributed by atoms with Gasteiger partial charge in [-0.05, 0) is 24.3 Å². The van der Waals surface area contributed by atoms with Crippen molar-refractivity contribution in [2.45, 2.75) is 0 Å². The van der Waals surface area contributed by atoms with Gasteiger partial charge in [-0.25, -0.2) is 0 Å². The third-order valence-electron chi connectivity index (χ3n) is 1.60. The van der Waals surface area contributed by atoms with Crippen LogP contribution < -0.4 is 10.3 Å². The molecular weight excluding hydrogens is 278 g/mol. The van der Waals surface area contributed by atoms with Crippen molar-refractivity contribution in [1.82, 2.24) is 4.98 Å². The highest BCUT2D eigenvalue weighted by molar-refractivity contribution is 9.10. The molecule has 0 saturated carbocycles. The van der Waals surface area contributed by atoms with E-state index in [1.165, 1.54) is 17.4 Å². The molecule has 2 rings (SSSR count). The predicted octanol–water partition coefficient (Wildman–Crippen LogP) is 3.06. The molecule has 0 N–H and O–H groups in total. The number of aromatic nitrogens is 1. The van der Waals surface area contributed by atoms with Crippen LogP contribution in [0.2, 0.25) is 0 Å². The average molecular weight is 284 g/mol.